The quantitative estimate of drug-likeness (QED) is 0.783. The maximum Gasteiger partial charge on any atom is 0.338 e. The molecular formula is C14H16BrNO5S. The number of amides is 1. The number of nitrogens with one attached hydrogen (secondary N) is 1. The Hall–Kier alpha value is -1.41. The molecule has 0 aliphatic carbocycles. The molecule has 1 atom stereocenters. The van der Waals surface area contributed by atoms with Crippen LogP contribution in [0.2, 0.25) is 0 Å². The molecule has 1 amide bonds. The molecule has 2 rings (SSSR count). The van der Waals surface area contributed by atoms with Gasteiger partial charge in [0.2, 0.25) is 0 Å². The predicted octanol–water partition coefficient (Wildman–Crippen LogP) is 1.30. The number of carbonyl (C=O) groups excluding carboxylic acids is 2. The highest BCUT2D eigenvalue weighted by molar-refractivity contribution is 9.10. The summed E-state index contributed by atoms with van der Waals surface area (Å²) >= 11 is 3.26. The molecule has 1 unspecified atom stereocenters. The Morgan fingerprint density at radius 3 is 2.50 bits per heavy atom. The lowest BCUT2D eigenvalue weighted by Crippen LogP contribution is -2.48. The van der Waals surface area contributed by atoms with E-state index in [4.69, 9.17) is 4.74 Å². The fourth-order valence-corrected chi connectivity index (χ4v) is 4.64. The van der Waals surface area contributed by atoms with Gasteiger partial charge >= 0.3 is 5.97 Å². The van der Waals surface area contributed by atoms with Crippen molar-refractivity contribution in [2.24, 2.45) is 0 Å². The number of sulfone groups is 1. The molecule has 6 nitrogen and oxygen atoms in total. The molecule has 1 fully saturated rings. The van der Waals surface area contributed by atoms with Gasteiger partial charge in [-0.3, -0.25) is 4.79 Å². The Morgan fingerprint density at radius 1 is 1.32 bits per heavy atom. The summed E-state index contributed by atoms with van der Waals surface area (Å²) in [5.41, 5.74) is -0.453. The number of hydrogen-bond donors (Lipinski definition) is 1. The van der Waals surface area contributed by atoms with Gasteiger partial charge < -0.3 is 10.1 Å². The number of hydrogen-bond acceptors (Lipinski definition) is 5. The average Bonchev–Trinajstić information content (AvgIpc) is 2.70. The van der Waals surface area contributed by atoms with Crippen molar-refractivity contribution in [3.63, 3.8) is 0 Å². The van der Waals surface area contributed by atoms with E-state index in [1.807, 2.05) is 0 Å². The lowest BCUT2D eigenvalue weighted by atomic mass is 10.0. The molecule has 1 aromatic carbocycles. The maximum absolute atomic E-state index is 11.8. The normalized spacial score (nSPS) is 23.0. The molecule has 1 aliphatic rings. The predicted molar refractivity (Wildman–Crippen MR) is 84.2 cm³/mol. The van der Waals surface area contributed by atoms with Gasteiger partial charge in [0.25, 0.3) is 5.91 Å². The summed E-state index contributed by atoms with van der Waals surface area (Å²) in [5, 5.41) is 2.62. The SMILES string of the molecule is CC1(NC(=O)COC(=O)c2ccc(Br)cc2)CCS(=O)(=O)C1. The minimum absolute atomic E-state index is 0.0580. The summed E-state index contributed by atoms with van der Waals surface area (Å²) in [7, 11) is -3.10. The van der Waals surface area contributed by atoms with Crippen molar-refractivity contribution in [3.05, 3.63) is 34.3 Å². The van der Waals surface area contributed by atoms with E-state index < -0.39 is 33.9 Å². The van der Waals surface area contributed by atoms with Crippen LogP contribution < -0.4 is 5.32 Å². The average molecular weight is 390 g/mol. The Balaban J connectivity index is 1.85. The highest BCUT2D eigenvalue weighted by atomic mass is 79.9. The minimum Gasteiger partial charge on any atom is -0.452 e. The first-order chi connectivity index (χ1) is 10.2. The zero-order valence-electron chi connectivity index (χ0n) is 12.0. The van der Waals surface area contributed by atoms with Crippen molar-refractivity contribution < 1.29 is 22.7 Å². The highest BCUT2D eigenvalue weighted by Gasteiger charge is 2.39. The Labute approximate surface area is 137 Å². The molecule has 0 aromatic heterocycles. The number of halogens is 1. The van der Waals surface area contributed by atoms with Crippen LogP contribution >= 0.6 is 15.9 Å². The molecule has 0 bridgehead atoms. The number of carbonyl (C=O) groups is 2. The molecule has 22 heavy (non-hydrogen) atoms. The van der Waals surface area contributed by atoms with Crippen LogP contribution in [0.5, 0.6) is 0 Å². The second-order valence-electron chi connectivity index (χ2n) is 5.53. The number of esters is 1. The van der Waals surface area contributed by atoms with E-state index in [0.29, 0.717) is 12.0 Å². The minimum atomic E-state index is -3.10. The van der Waals surface area contributed by atoms with Gasteiger partial charge in [-0.15, -0.1) is 0 Å². The van der Waals surface area contributed by atoms with Gasteiger partial charge in [0.05, 0.1) is 22.6 Å². The third-order valence-electron chi connectivity index (χ3n) is 3.36. The molecule has 0 spiro atoms. The smallest absolute Gasteiger partial charge is 0.338 e. The molecule has 0 saturated carbocycles. The lowest BCUT2D eigenvalue weighted by Gasteiger charge is -2.23. The summed E-state index contributed by atoms with van der Waals surface area (Å²) in [4.78, 5) is 23.6. The van der Waals surface area contributed by atoms with Gasteiger partial charge in [-0.2, -0.15) is 0 Å². The molecule has 0 radical (unpaired) electrons. The van der Waals surface area contributed by atoms with E-state index in [1.165, 1.54) is 0 Å². The third-order valence-corrected chi connectivity index (χ3v) is 5.79. The van der Waals surface area contributed by atoms with Crippen molar-refractivity contribution in [3.8, 4) is 0 Å². The van der Waals surface area contributed by atoms with Crippen molar-refractivity contribution in [2.45, 2.75) is 18.9 Å². The summed E-state index contributed by atoms with van der Waals surface area (Å²) in [6.07, 6.45) is 0.363. The summed E-state index contributed by atoms with van der Waals surface area (Å²) < 4.78 is 28.7. The molecule has 1 saturated heterocycles. The number of benzene rings is 1. The zero-order valence-corrected chi connectivity index (χ0v) is 14.4. The Kier molecular flexibility index (Phi) is 4.91. The van der Waals surface area contributed by atoms with E-state index >= 15 is 0 Å². The third kappa shape index (κ3) is 4.54. The fourth-order valence-electron chi connectivity index (χ4n) is 2.28. The van der Waals surface area contributed by atoms with Crippen LogP contribution in [-0.2, 0) is 19.4 Å². The van der Waals surface area contributed by atoms with Crippen molar-refractivity contribution in [1.29, 1.82) is 0 Å². The van der Waals surface area contributed by atoms with Crippen LogP contribution in [0.1, 0.15) is 23.7 Å². The van der Waals surface area contributed by atoms with Crippen LogP contribution in [-0.4, -0.2) is 43.9 Å². The van der Waals surface area contributed by atoms with Crippen LogP contribution in [0.25, 0.3) is 0 Å². The largest absolute Gasteiger partial charge is 0.452 e. The van der Waals surface area contributed by atoms with Crippen molar-refractivity contribution >= 4 is 37.6 Å². The summed E-state index contributed by atoms with van der Waals surface area (Å²) in [6, 6.07) is 6.55. The Bertz CT molecular complexity index is 686. The van der Waals surface area contributed by atoms with Gasteiger partial charge in [0, 0.05) is 4.47 Å². The topological polar surface area (TPSA) is 89.5 Å². The Morgan fingerprint density at radius 2 is 1.95 bits per heavy atom. The van der Waals surface area contributed by atoms with Gasteiger partial charge in [-0.1, -0.05) is 15.9 Å². The van der Waals surface area contributed by atoms with E-state index in [9.17, 15) is 18.0 Å². The first-order valence-electron chi connectivity index (χ1n) is 6.63. The van der Waals surface area contributed by atoms with Crippen LogP contribution in [0.4, 0.5) is 0 Å². The van der Waals surface area contributed by atoms with Gasteiger partial charge in [0.15, 0.2) is 16.4 Å². The molecular weight excluding hydrogens is 374 g/mol. The number of rotatable bonds is 4. The highest BCUT2D eigenvalue weighted by Crippen LogP contribution is 2.22. The second kappa shape index (κ2) is 6.37. The monoisotopic (exact) mass is 389 g/mol. The standard InChI is InChI=1S/C14H16BrNO5S/c1-14(6-7-22(19,20)9-14)16-12(17)8-21-13(18)10-2-4-11(15)5-3-10/h2-5H,6-9H2,1H3,(H,16,17). The first kappa shape index (κ1) is 17.0. The molecule has 1 heterocycles. The van der Waals surface area contributed by atoms with Crippen LogP contribution in [0, 0.1) is 0 Å². The molecule has 1 aliphatic heterocycles. The van der Waals surface area contributed by atoms with Gasteiger partial charge in [-0.25, -0.2) is 13.2 Å². The molecule has 1 N–H and O–H groups in total. The van der Waals surface area contributed by atoms with E-state index in [2.05, 4.69) is 21.2 Å². The zero-order chi connectivity index (χ0) is 16.4. The van der Waals surface area contributed by atoms with E-state index in [0.717, 1.165) is 4.47 Å². The summed E-state index contributed by atoms with van der Waals surface area (Å²) in [5.74, 6) is -1.15. The van der Waals surface area contributed by atoms with E-state index in [-0.39, 0.29) is 11.5 Å². The molecule has 8 heteroatoms. The van der Waals surface area contributed by atoms with Crippen molar-refractivity contribution in [1.82, 2.24) is 5.32 Å². The van der Waals surface area contributed by atoms with Gasteiger partial charge in [0.1, 0.15) is 0 Å². The first-order valence-corrected chi connectivity index (χ1v) is 9.25. The van der Waals surface area contributed by atoms with Crippen LogP contribution in [0.3, 0.4) is 0 Å². The lowest BCUT2D eigenvalue weighted by molar-refractivity contribution is -0.125. The molecule has 1 aromatic rings. The van der Waals surface area contributed by atoms with E-state index in [1.54, 1.807) is 31.2 Å². The molecule has 120 valence electrons. The fraction of sp³-hybridized carbons (Fsp3) is 0.429. The number of ether oxygens (including phenoxy) is 1. The van der Waals surface area contributed by atoms with Gasteiger partial charge in [-0.05, 0) is 37.6 Å². The second-order valence-corrected chi connectivity index (χ2v) is 8.63. The van der Waals surface area contributed by atoms with Crippen LogP contribution in [0.15, 0.2) is 28.7 Å². The van der Waals surface area contributed by atoms with Crippen molar-refractivity contribution in [2.75, 3.05) is 18.1 Å². The maximum atomic E-state index is 11.8. The summed E-state index contributed by atoms with van der Waals surface area (Å²) in [6.45, 7) is 1.23.